The van der Waals surface area contributed by atoms with E-state index >= 15 is 0 Å². The summed E-state index contributed by atoms with van der Waals surface area (Å²) < 4.78 is 0. The van der Waals surface area contributed by atoms with Gasteiger partial charge in [-0.1, -0.05) is 25.0 Å². The number of hydrogen-bond acceptors (Lipinski definition) is 4. The highest BCUT2D eigenvalue weighted by Crippen LogP contribution is 2.33. The molecule has 4 nitrogen and oxygen atoms in total. The SMILES string of the molecule is CNc1c(CSCC2CCCC2)cccc1[N+](=O)[O-]. The van der Waals surface area contributed by atoms with Crippen LogP contribution in [0.1, 0.15) is 31.2 Å². The second-order valence-corrected chi connectivity index (χ2v) is 6.01. The normalized spacial score (nSPS) is 15.6. The van der Waals surface area contributed by atoms with Gasteiger partial charge in [0, 0.05) is 18.9 Å². The molecule has 0 aliphatic heterocycles. The zero-order valence-corrected chi connectivity index (χ0v) is 12.0. The Morgan fingerprint density at radius 2 is 2.16 bits per heavy atom. The third-order valence-corrected chi connectivity index (χ3v) is 4.88. The van der Waals surface area contributed by atoms with Crippen molar-refractivity contribution in [2.45, 2.75) is 31.4 Å². The number of thioether (sulfide) groups is 1. The van der Waals surface area contributed by atoms with Crippen molar-refractivity contribution in [1.29, 1.82) is 0 Å². The van der Waals surface area contributed by atoms with Gasteiger partial charge in [-0.25, -0.2) is 0 Å². The van der Waals surface area contributed by atoms with Crippen LogP contribution in [0.4, 0.5) is 11.4 Å². The van der Waals surface area contributed by atoms with E-state index in [1.54, 1.807) is 19.2 Å². The average molecular weight is 280 g/mol. The molecule has 1 N–H and O–H groups in total. The van der Waals surface area contributed by atoms with E-state index < -0.39 is 0 Å². The van der Waals surface area contributed by atoms with E-state index in [4.69, 9.17) is 0 Å². The molecule has 1 saturated carbocycles. The van der Waals surface area contributed by atoms with Gasteiger partial charge in [0.2, 0.25) is 0 Å². The number of nitrogens with one attached hydrogen (secondary N) is 1. The van der Waals surface area contributed by atoms with Crippen molar-refractivity contribution >= 4 is 23.1 Å². The molecular weight excluding hydrogens is 260 g/mol. The molecule has 0 amide bonds. The largest absolute Gasteiger partial charge is 0.382 e. The van der Waals surface area contributed by atoms with E-state index in [1.165, 1.54) is 31.4 Å². The molecule has 0 saturated heterocycles. The number of nitro groups is 1. The highest BCUT2D eigenvalue weighted by Gasteiger charge is 2.18. The van der Waals surface area contributed by atoms with Crippen LogP contribution in [-0.2, 0) is 5.75 Å². The fourth-order valence-corrected chi connectivity index (χ4v) is 3.91. The Labute approximate surface area is 118 Å². The van der Waals surface area contributed by atoms with E-state index in [-0.39, 0.29) is 10.6 Å². The van der Waals surface area contributed by atoms with E-state index in [0.717, 1.165) is 17.2 Å². The predicted molar refractivity (Wildman–Crippen MR) is 80.8 cm³/mol. The lowest BCUT2D eigenvalue weighted by Gasteiger charge is -2.11. The Kier molecular flexibility index (Phi) is 5.07. The van der Waals surface area contributed by atoms with Crippen LogP contribution < -0.4 is 5.32 Å². The minimum atomic E-state index is -0.322. The van der Waals surface area contributed by atoms with Gasteiger partial charge in [0.15, 0.2) is 0 Å². The van der Waals surface area contributed by atoms with Gasteiger partial charge in [-0.3, -0.25) is 10.1 Å². The average Bonchev–Trinajstić information content (AvgIpc) is 2.91. The summed E-state index contributed by atoms with van der Waals surface area (Å²) in [5.41, 5.74) is 1.85. The lowest BCUT2D eigenvalue weighted by molar-refractivity contribution is -0.384. The highest BCUT2D eigenvalue weighted by atomic mass is 32.2. The Bertz CT molecular complexity index is 445. The van der Waals surface area contributed by atoms with E-state index in [1.807, 2.05) is 17.8 Å². The molecule has 1 aromatic rings. The second-order valence-electron chi connectivity index (χ2n) is 4.98. The van der Waals surface area contributed by atoms with Crippen molar-refractivity contribution in [3.05, 3.63) is 33.9 Å². The van der Waals surface area contributed by atoms with Gasteiger partial charge < -0.3 is 5.32 Å². The number of hydrogen-bond donors (Lipinski definition) is 1. The van der Waals surface area contributed by atoms with E-state index in [9.17, 15) is 10.1 Å². The van der Waals surface area contributed by atoms with Crippen molar-refractivity contribution in [2.24, 2.45) is 5.92 Å². The maximum atomic E-state index is 11.0. The predicted octanol–water partition coefficient (Wildman–Crippen LogP) is 4.06. The fraction of sp³-hybridized carbons (Fsp3) is 0.571. The van der Waals surface area contributed by atoms with Crippen molar-refractivity contribution < 1.29 is 4.92 Å². The van der Waals surface area contributed by atoms with Gasteiger partial charge in [0.1, 0.15) is 5.69 Å². The van der Waals surface area contributed by atoms with Crippen LogP contribution in [0.25, 0.3) is 0 Å². The molecular formula is C14H20N2O2S. The van der Waals surface area contributed by atoms with Crippen molar-refractivity contribution in [3.63, 3.8) is 0 Å². The van der Waals surface area contributed by atoms with Crippen LogP contribution in [0.3, 0.4) is 0 Å². The molecule has 2 rings (SSSR count). The Morgan fingerprint density at radius 1 is 1.42 bits per heavy atom. The standard InChI is InChI=1S/C14H20N2O2S/c1-15-14-12(7-4-8-13(14)16(17)18)10-19-9-11-5-2-3-6-11/h4,7-8,11,15H,2-3,5-6,9-10H2,1H3. The summed E-state index contributed by atoms with van der Waals surface area (Å²) >= 11 is 1.89. The minimum absolute atomic E-state index is 0.168. The summed E-state index contributed by atoms with van der Waals surface area (Å²) in [6.45, 7) is 0. The number of benzene rings is 1. The molecule has 0 spiro atoms. The summed E-state index contributed by atoms with van der Waals surface area (Å²) in [4.78, 5) is 10.7. The Morgan fingerprint density at radius 3 is 2.79 bits per heavy atom. The third-order valence-electron chi connectivity index (χ3n) is 3.66. The van der Waals surface area contributed by atoms with Crippen LogP contribution in [0.2, 0.25) is 0 Å². The number of nitro benzene ring substituents is 1. The van der Waals surface area contributed by atoms with Gasteiger partial charge in [0.25, 0.3) is 5.69 Å². The van der Waals surface area contributed by atoms with Crippen LogP contribution in [-0.4, -0.2) is 17.7 Å². The lowest BCUT2D eigenvalue weighted by atomic mass is 10.1. The first-order chi connectivity index (χ1) is 9.22. The maximum absolute atomic E-state index is 11.0. The molecule has 0 unspecified atom stereocenters. The van der Waals surface area contributed by atoms with Crippen LogP contribution in [0.15, 0.2) is 18.2 Å². The third kappa shape index (κ3) is 3.62. The van der Waals surface area contributed by atoms with Gasteiger partial charge in [-0.2, -0.15) is 11.8 Å². The molecule has 0 bridgehead atoms. The number of nitrogens with zero attached hydrogens (tertiary/aromatic N) is 1. The quantitative estimate of drug-likeness (QED) is 0.630. The van der Waals surface area contributed by atoms with Crippen molar-refractivity contribution in [1.82, 2.24) is 0 Å². The smallest absolute Gasteiger partial charge is 0.292 e. The van der Waals surface area contributed by atoms with Gasteiger partial charge in [0.05, 0.1) is 4.92 Å². The summed E-state index contributed by atoms with van der Waals surface area (Å²) in [7, 11) is 1.74. The second kappa shape index (κ2) is 6.80. The molecule has 0 heterocycles. The molecule has 0 radical (unpaired) electrons. The molecule has 1 aromatic carbocycles. The first-order valence-electron chi connectivity index (χ1n) is 6.74. The minimum Gasteiger partial charge on any atom is -0.382 e. The topological polar surface area (TPSA) is 55.2 Å². The molecule has 19 heavy (non-hydrogen) atoms. The molecule has 0 atom stereocenters. The molecule has 104 valence electrons. The van der Waals surface area contributed by atoms with E-state index in [0.29, 0.717) is 5.69 Å². The monoisotopic (exact) mass is 280 g/mol. The molecule has 1 fully saturated rings. The Balaban J connectivity index is 1.98. The zero-order valence-electron chi connectivity index (χ0n) is 11.2. The molecule has 1 aliphatic rings. The lowest BCUT2D eigenvalue weighted by Crippen LogP contribution is -2.01. The van der Waals surface area contributed by atoms with Crippen LogP contribution >= 0.6 is 11.8 Å². The summed E-state index contributed by atoms with van der Waals surface area (Å²) in [5.74, 6) is 2.86. The van der Waals surface area contributed by atoms with Gasteiger partial charge >= 0.3 is 0 Å². The highest BCUT2D eigenvalue weighted by molar-refractivity contribution is 7.98. The van der Waals surface area contributed by atoms with Gasteiger partial charge in [-0.05, 0) is 30.1 Å². The Hall–Kier alpha value is -1.23. The van der Waals surface area contributed by atoms with Crippen molar-refractivity contribution in [3.8, 4) is 0 Å². The summed E-state index contributed by atoms with van der Waals surface area (Å²) in [6.07, 6.45) is 5.43. The zero-order chi connectivity index (χ0) is 13.7. The maximum Gasteiger partial charge on any atom is 0.292 e. The molecule has 0 aromatic heterocycles. The molecule has 1 aliphatic carbocycles. The van der Waals surface area contributed by atoms with Crippen LogP contribution in [0.5, 0.6) is 0 Å². The van der Waals surface area contributed by atoms with E-state index in [2.05, 4.69) is 5.32 Å². The number of para-hydroxylation sites is 1. The number of anilines is 1. The van der Waals surface area contributed by atoms with Crippen LogP contribution in [0, 0.1) is 16.0 Å². The first-order valence-corrected chi connectivity index (χ1v) is 7.89. The molecule has 5 heteroatoms. The summed E-state index contributed by atoms with van der Waals surface area (Å²) in [5, 5.41) is 13.9. The van der Waals surface area contributed by atoms with Gasteiger partial charge in [-0.15, -0.1) is 0 Å². The number of rotatable bonds is 6. The summed E-state index contributed by atoms with van der Waals surface area (Å²) in [6, 6.07) is 5.29. The van der Waals surface area contributed by atoms with Crippen molar-refractivity contribution in [2.75, 3.05) is 18.1 Å². The first kappa shape index (κ1) is 14.2. The fourth-order valence-electron chi connectivity index (χ4n) is 2.66.